The van der Waals surface area contributed by atoms with Crippen LogP contribution < -0.4 is 4.72 Å². The lowest BCUT2D eigenvalue weighted by Crippen LogP contribution is -2.23. The second kappa shape index (κ2) is 5.54. The third kappa shape index (κ3) is 2.71. The zero-order chi connectivity index (χ0) is 14.0. The van der Waals surface area contributed by atoms with Crippen LogP contribution in [0.2, 0.25) is 0 Å². The van der Waals surface area contributed by atoms with E-state index in [-0.39, 0.29) is 6.10 Å². The summed E-state index contributed by atoms with van der Waals surface area (Å²) in [6.07, 6.45) is 4.52. The van der Waals surface area contributed by atoms with Crippen LogP contribution in [0.1, 0.15) is 31.2 Å². The Morgan fingerprint density at radius 3 is 2.95 bits per heavy atom. The molecule has 2 heterocycles. The highest BCUT2D eigenvalue weighted by molar-refractivity contribution is 7.90. The van der Waals surface area contributed by atoms with Crippen LogP contribution in [-0.2, 0) is 14.8 Å². The fourth-order valence-corrected chi connectivity index (χ4v) is 3.86. The van der Waals surface area contributed by atoms with E-state index < -0.39 is 10.0 Å². The molecule has 0 spiro atoms. The van der Waals surface area contributed by atoms with Crippen molar-refractivity contribution in [1.82, 2.24) is 4.72 Å². The number of aliphatic imine (C=N–C) groups is 1. The van der Waals surface area contributed by atoms with Gasteiger partial charge in [0.2, 0.25) is 0 Å². The molecule has 6 heteroatoms. The van der Waals surface area contributed by atoms with Gasteiger partial charge in [-0.2, -0.15) is 0 Å². The lowest BCUT2D eigenvalue weighted by Gasteiger charge is -2.21. The topological polar surface area (TPSA) is 67.8 Å². The molecule has 1 unspecified atom stereocenters. The Kier molecular flexibility index (Phi) is 3.76. The number of ether oxygens (including phenoxy) is 1. The number of hydrogen-bond acceptors (Lipinski definition) is 4. The number of nitrogens with one attached hydrogen (secondary N) is 1. The van der Waals surface area contributed by atoms with Gasteiger partial charge in [0, 0.05) is 18.7 Å². The molecule has 0 amide bonds. The Morgan fingerprint density at radius 1 is 1.30 bits per heavy atom. The average Bonchev–Trinajstić information content (AvgIpc) is 2.72. The molecule has 0 radical (unpaired) electrons. The minimum Gasteiger partial charge on any atom is -0.378 e. The lowest BCUT2D eigenvalue weighted by atomic mass is 10.1. The normalized spacial score (nSPS) is 26.2. The smallest absolute Gasteiger partial charge is 0.263 e. The first kappa shape index (κ1) is 13.6. The number of rotatable bonds is 3. The Balaban J connectivity index is 1.70. The molecule has 1 saturated heterocycles. The molecule has 20 heavy (non-hydrogen) atoms. The highest BCUT2D eigenvalue weighted by atomic mass is 32.2. The summed E-state index contributed by atoms with van der Waals surface area (Å²) in [5.41, 5.74) is 0.664. The van der Waals surface area contributed by atoms with E-state index in [2.05, 4.69) is 9.71 Å². The first-order valence-electron chi connectivity index (χ1n) is 6.95. The van der Waals surface area contributed by atoms with Crippen molar-refractivity contribution in [3.63, 3.8) is 0 Å². The van der Waals surface area contributed by atoms with E-state index in [1.807, 2.05) is 6.07 Å². The number of amidine groups is 1. The molecule has 1 aromatic carbocycles. The molecule has 1 N–H and O–H groups in total. The van der Waals surface area contributed by atoms with Crippen LogP contribution in [0.25, 0.3) is 0 Å². The third-order valence-corrected chi connectivity index (χ3v) is 5.05. The monoisotopic (exact) mass is 294 g/mol. The summed E-state index contributed by atoms with van der Waals surface area (Å²) >= 11 is 0. The van der Waals surface area contributed by atoms with E-state index >= 15 is 0 Å². The zero-order valence-electron chi connectivity index (χ0n) is 11.2. The van der Waals surface area contributed by atoms with Crippen LogP contribution in [0, 0.1) is 0 Å². The maximum Gasteiger partial charge on any atom is 0.263 e. The van der Waals surface area contributed by atoms with Gasteiger partial charge in [0.15, 0.2) is 0 Å². The van der Waals surface area contributed by atoms with Gasteiger partial charge in [-0.3, -0.25) is 9.71 Å². The van der Waals surface area contributed by atoms with Crippen molar-refractivity contribution in [2.75, 3.05) is 13.2 Å². The van der Waals surface area contributed by atoms with Crippen LogP contribution >= 0.6 is 0 Å². The molecule has 0 saturated carbocycles. The van der Waals surface area contributed by atoms with E-state index in [0.717, 1.165) is 25.9 Å². The van der Waals surface area contributed by atoms with Gasteiger partial charge < -0.3 is 4.74 Å². The van der Waals surface area contributed by atoms with Crippen molar-refractivity contribution >= 4 is 15.9 Å². The molecule has 1 atom stereocenters. The molecule has 1 fully saturated rings. The standard InChI is InChI=1S/C14H18N2O3S/c17-20(18)13-7-2-1-6-12(13)14(16-20)15-9-8-11-5-3-4-10-19-11/h1-2,6-7,11H,3-5,8-10H2,(H,15,16). The van der Waals surface area contributed by atoms with Gasteiger partial charge in [0.05, 0.1) is 11.0 Å². The van der Waals surface area contributed by atoms with Crippen LogP contribution in [0.4, 0.5) is 0 Å². The Labute approximate surface area is 119 Å². The van der Waals surface area contributed by atoms with Crippen molar-refractivity contribution < 1.29 is 13.2 Å². The summed E-state index contributed by atoms with van der Waals surface area (Å²) in [5.74, 6) is 0.455. The summed E-state index contributed by atoms with van der Waals surface area (Å²) in [7, 11) is -3.42. The highest BCUT2D eigenvalue weighted by Crippen LogP contribution is 2.22. The molecule has 0 aromatic heterocycles. The fraction of sp³-hybridized carbons (Fsp3) is 0.500. The maximum absolute atomic E-state index is 11.9. The predicted octanol–water partition coefficient (Wildman–Crippen LogP) is 1.68. The van der Waals surface area contributed by atoms with E-state index in [1.165, 1.54) is 6.42 Å². The number of hydrogen-bond donors (Lipinski definition) is 1. The van der Waals surface area contributed by atoms with Crippen molar-refractivity contribution in [3.8, 4) is 0 Å². The zero-order valence-corrected chi connectivity index (χ0v) is 12.0. The van der Waals surface area contributed by atoms with E-state index in [9.17, 15) is 8.42 Å². The van der Waals surface area contributed by atoms with Crippen LogP contribution in [0.15, 0.2) is 34.2 Å². The number of benzene rings is 1. The summed E-state index contributed by atoms with van der Waals surface area (Å²) < 4.78 is 32.0. The first-order chi connectivity index (χ1) is 9.67. The summed E-state index contributed by atoms with van der Waals surface area (Å²) in [5, 5.41) is 0. The van der Waals surface area contributed by atoms with Gasteiger partial charge in [0.1, 0.15) is 5.84 Å². The van der Waals surface area contributed by atoms with Gasteiger partial charge in [-0.25, -0.2) is 8.42 Å². The Bertz CT molecular complexity index is 619. The van der Waals surface area contributed by atoms with Crippen LogP contribution in [0.3, 0.4) is 0 Å². The quantitative estimate of drug-likeness (QED) is 0.922. The molecule has 1 aromatic rings. The van der Waals surface area contributed by atoms with Crippen LogP contribution in [0.5, 0.6) is 0 Å². The first-order valence-corrected chi connectivity index (χ1v) is 8.43. The Hall–Kier alpha value is -1.40. The Morgan fingerprint density at radius 2 is 2.15 bits per heavy atom. The number of fused-ring (bicyclic) bond motifs is 1. The van der Waals surface area contributed by atoms with Crippen LogP contribution in [-0.4, -0.2) is 33.5 Å². The van der Waals surface area contributed by atoms with Gasteiger partial charge in [0.25, 0.3) is 10.0 Å². The molecule has 108 valence electrons. The fourth-order valence-electron chi connectivity index (χ4n) is 2.61. The van der Waals surface area contributed by atoms with E-state index in [0.29, 0.717) is 22.8 Å². The SMILES string of the molecule is O=S1(=O)NC(=NCCC2CCCCO2)c2ccccc21. The molecule has 0 aliphatic carbocycles. The maximum atomic E-state index is 11.9. The van der Waals surface area contributed by atoms with Crippen molar-refractivity contribution in [3.05, 3.63) is 29.8 Å². The van der Waals surface area contributed by atoms with Gasteiger partial charge >= 0.3 is 0 Å². The number of nitrogens with zero attached hydrogens (tertiary/aromatic N) is 1. The van der Waals surface area contributed by atoms with Gasteiger partial charge in [-0.15, -0.1) is 0 Å². The summed E-state index contributed by atoms with van der Waals surface area (Å²) in [4.78, 5) is 4.71. The molecular weight excluding hydrogens is 276 g/mol. The van der Waals surface area contributed by atoms with E-state index in [4.69, 9.17) is 4.74 Å². The van der Waals surface area contributed by atoms with E-state index in [1.54, 1.807) is 18.2 Å². The molecule has 3 rings (SSSR count). The molecule has 2 aliphatic heterocycles. The molecule has 0 bridgehead atoms. The van der Waals surface area contributed by atoms with Crippen molar-refractivity contribution in [2.45, 2.75) is 36.7 Å². The summed E-state index contributed by atoms with van der Waals surface area (Å²) in [6.45, 7) is 1.41. The lowest BCUT2D eigenvalue weighted by molar-refractivity contribution is 0.0129. The molecule has 2 aliphatic rings. The van der Waals surface area contributed by atoms with Crippen molar-refractivity contribution in [1.29, 1.82) is 0 Å². The number of sulfonamides is 1. The largest absolute Gasteiger partial charge is 0.378 e. The average molecular weight is 294 g/mol. The van der Waals surface area contributed by atoms with Gasteiger partial charge in [-0.1, -0.05) is 12.1 Å². The predicted molar refractivity (Wildman–Crippen MR) is 76.4 cm³/mol. The highest BCUT2D eigenvalue weighted by Gasteiger charge is 2.29. The summed E-state index contributed by atoms with van der Waals surface area (Å²) in [6, 6.07) is 6.92. The van der Waals surface area contributed by atoms with Crippen molar-refractivity contribution in [2.24, 2.45) is 4.99 Å². The minimum atomic E-state index is -3.42. The third-order valence-electron chi connectivity index (χ3n) is 3.66. The molecular formula is C14H18N2O3S. The second-order valence-corrected chi connectivity index (χ2v) is 6.76. The molecule has 5 nitrogen and oxygen atoms in total. The minimum absolute atomic E-state index is 0.265. The van der Waals surface area contributed by atoms with Gasteiger partial charge in [-0.05, 0) is 37.8 Å². The second-order valence-electron chi connectivity index (χ2n) is 5.11.